The van der Waals surface area contributed by atoms with Crippen LogP contribution in [0.2, 0.25) is 0 Å². The number of alkyl halides is 3. The molecule has 2 aliphatic rings. The van der Waals surface area contributed by atoms with Gasteiger partial charge in [0.2, 0.25) is 6.10 Å². The zero-order valence-electron chi connectivity index (χ0n) is 15.0. The molecule has 0 aromatic carbocycles. The van der Waals surface area contributed by atoms with Crippen LogP contribution >= 0.6 is 0 Å². The summed E-state index contributed by atoms with van der Waals surface area (Å²) in [7, 11) is 0. The molecule has 7 nitrogen and oxygen atoms in total. The average molecular weight is 407 g/mol. The molecular formula is C17H21F4N3O4. The lowest BCUT2D eigenvalue weighted by Gasteiger charge is -2.47. The maximum absolute atomic E-state index is 13.1. The van der Waals surface area contributed by atoms with Gasteiger partial charge >= 0.3 is 12.3 Å². The molecule has 156 valence electrons. The standard InChI is InChI=1S/C17H21F4N3O4/c18-12-1-2-14(22-9-12)24-7-8-27-16(11-24)3-5-23(6-4-16)15(26)28-13(10-25)17(19,20)21/h1-2,9,13,25H,3-8,10-11H2. The second-order valence-corrected chi connectivity index (χ2v) is 6.87. The summed E-state index contributed by atoms with van der Waals surface area (Å²) in [5.41, 5.74) is -0.564. The summed E-state index contributed by atoms with van der Waals surface area (Å²) in [5, 5.41) is 8.79. The van der Waals surface area contributed by atoms with Gasteiger partial charge in [-0.15, -0.1) is 0 Å². The van der Waals surface area contributed by atoms with Gasteiger partial charge in [0.15, 0.2) is 0 Å². The number of halogens is 4. The number of aliphatic hydroxyl groups is 1. The van der Waals surface area contributed by atoms with Crippen LogP contribution in [0, 0.1) is 5.82 Å². The summed E-state index contributed by atoms with van der Waals surface area (Å²) in [6.07, 6.45) is -6.52. The van der Waals surface area contributed by atoms with Crippen molar-refractivity contribution in [2.75, 3.05) is 44.3 Å². The first-order chi connectivity index (χ1) is 13.2. The lowest BCUT2D eigenvalue weighted by Crippen LogP contribution is -2.58. The Labute approximate surface area is 158 Å². The number of pyridine rings is 1. The van der Waals surface area contributed by atoms with Crippen molar-refractivity contribution in [3.63, 3.8) is 0 Å². The molecule has 0 bridgehead atoms. The van der Waals surface area contributed by atoms with E-state index in [1.54, 1.807) is 6.07 Å². The first kappa shape index (κ1) is 20.6. The van der Waals surface area contributed by atoms with Crippen LogP contribution in [-0.2, 0) is 9.47 Å². The summed E-state index contributed by atoms with van der Waals surface area (Å²) >= 11 is 0. The Morgan fingerprint density at radius 2 is 2.04 bits per heavy atom. The van der Waals surface area contributed by atoms with Gasteiger partial charge in [-0.2, -0.15) is 13.2 Å². The number of amides is 1. The van der Waals surface area contributed by atoms with Crippen molar-refractivity contribution in [2.45, 2.75) is 30.7 Å². The Hall–Kier alpha value is -2.14. The Morgan fingerprint density at radius 3 is 2.61 bits per heavy atom. The number of hydrogen-bond acceptors (Lipinski definition) is 6. The van der Waals surface area contributed by atoms with Crippen LogP contribution in [0.25, 0.3) is 0 Å². The van der Waals surface area contributed by atoms with E-state index >= 15 is 0 Å². The highest BCUT2D eigenvalue weighted by Gasteiger charge is 2.45. The van der Waals surface area contributed by atoms with Crippen molar-refractivity contribution >= 4 is 11.9 Å². The van der Waals surface area contributed by atoms with E-state index in [9.17, 15) is 22.4 Å². The third-order valence-corrected chi connectivity index (χ3v) is 4.99. The monoisotopic (exact) mass is 407 g/mol. The molecular weight excluding hydrogens is 386 g/mol. The van der Waals surface area contributed by atoms with Crippen LogP contribution in [0.1, 0.15) is 12.8 Å². The Morgan fingerprint density at radius 1 is 1.32 bits per heavy atom. The van der Waals surface area contributed by atoms with E-state index in [0.717, 1.165) is 6.20 Å². The number of piperidine rings is 1. The van der Waals surface area contributed by atoms with Crippen molar-refractivity contribution in [1.29, 1.82) is 0 Å². The molecule has 1 atom stereocenters. The van der Waals surface area contributed by atoms with E-state index in [1.165, 1.54) is 11.0 Å². The number of ether oxygens (including phenoxy) is 2. The van der Waals surface area contributed by atoms with Gasteiger partial charge in [-0.3, -0.25) is 0 Å². The second-order valence-electron chi connectivity index (χ2n) is 6.87. The van der Waals surface area contributed by atoms with E-state index in [0.29, 0.717) is 38.4 Å². The third kappa shape index (κ3) is 4.64. The average Bonchev–Trinajstić information content (AvgIpc) is 2.66. The summed E-state index contributed by atoms with van der Waals surface area (Å²) < 4.78 is 61.3. The highest BCUT2D eigenvalue weighted by atomic mass is 19.4. The molecule has 2 fully saturated rings. The second kappa shape index (κ2) is 8.08. The number of morpholine rings is 1. The van der Waals surface area contributed by atoms with Crippen LogP contribution in [0.3, 0.4) is 0 Å². The van der Waals surface area contributed by atoms with Crippen LogP contribution in [0.5, 0.6) is 0 Å². The molecule has 0 saturated carbocycles. The molecule has 0 radical (unpaired) electrons. The maximum Gasteiger partial charge on any atom is 0.427 e. The number of hydrogen-bond donors (Lipinski definition) is 1. The van der Waals surface area contributed by atoms with Crippen LogP contribution in [-0.4, -0.2) is 78.4 Å². The molecule has 1 unspecified atom stereocenters. The maximum atomic E-state index is 13.1. The van der Waals surface area contributed by atoms with Gasteiger partial charge in [0.05, 0.1) is 25.0 Å². The molecule has 2 aliphatic heterocycles. The van der Waals surface area contributed by atoms with E-state index in [1.807, 2.05) is 4.90 Å². The van der Waals surface area contributed by atoms with Gasteiger partial charge in [0, 0.05) is 26.2 Å². The van der Waals surface area contributed by atoms with Crippen LogP contribution in [0.4, 0.5) is 28.2 Å². The minimum absolute atomic E-state index is 0.166. The molecule has 1 aromatic rings. The van der Waals surface area contributed by atoms with Gasteiger partial charge in [-0.05, 0) is 25.0 Å². The normalized spacial score (nSPS) is 20.9. The Bertz CT molecular complexity index is 678. The Kier molecular flexibility index (Phi) is 5.94. The van der Waals surface area contributed by atoms with E-state index in [2.05, 4.69) is 9.72 Å². The number of anilines is 1. The highest BCUT2D eigenvalue weighted by molar-refractivity contribution is 5.68. The minimum Gasteiger partial charge on any atom is -0.434 e. The van der Waals surface area contributed by atoms with Gasteiger partial charge in [0.25, 0.3) is 0 Å². The number of rotatable bonds is 3. The molecule has 2 saturated heterocycles. The van der Waals surface area contributed by atoms with Gasteiger partial charge in [-0.1, -0.05) is 0 Å². The number of likely N-dealkylation sites (tertiary alicyclic amines) is 1. The van der Waals surface area contributed by atoms with Crippen molar-refractivity contribution in [3.05, 3.63) is 24.1 Å². The fraction of sp³-hybridized carbons (Fsp3) is 0.647. The number of carbonyl (C=O) groups is 1. The van der Waals surface area contributed by atoms with Gasteiger partial charge in [-0.25, -0.2) is 14.2 Å². The zero-order chi connectivity index (χ0) is 20.4. The minimum atomic E-state index is -4.82. The molecule has 3 heterocycles. The van der Waals surface area contributed by atoms with E-state index in [-0.39, 0.29) is 13.1 Å². The highest BCUT2D eigenvalue weighted by Crippen LogP contribution is 2.32. The molecule has 1 amide bonds. The molecule has 0 aliphatic carbocycles. The SMILES string of the molecule is O=C(OC(CO)C(F)(F)F)N1CCC2(CC1)CN(c1ccc(F)cn1)CCO2. The quantitative estimate of drug-likeness (QED) is 0.773. The lowest BCUT2D eigenvalue weighted by atomic mass is 9.89. The summed E-state index contributed by atoms with van der Waals surface area (Å²) in [6.45, 7) is 0.491. The fourth-order valence-electron chi connectivity index (χ4n) is 3.40. The van der Waals surface area contributed by atoms with Gasteiger partial charge in [0.1, 0.15) is 11.6 Å². The molecule has 11 heteroatoms. The smallest absolute Gasteiger partial charge is 0.427 e. The first-order valence-electron chi connectivity index (χ1n) is 8.86. The molecule has 1 aromatic heterocycles. The number of aliphatic hydroxyl groups excluding tert-OH is 1. The van der Waals surface area contributed by atoms with E-state index < -0.39 is 36.4 Å². The van der Waals surface area contributed by atoms with Crippen molar-refractivity contribution in [2.24, 2.45) is 0 Å². The molecule has 28 heavy (non-hydrogen) atoms. The third-order valence-electron chi connectivity index (χ3n) is 4.99. The Balaban J connectivity index is 1.57. The number of nitrogens with zero attached hydrogens (tertiary/aromatic N) is 3. The summed E-state index contributed by atoms with van der Waals surface area (Å²) in [5.74, 6) is 0.181. The topological polar surface area (TPSA) is 75.1 Å². The predicted molar refractivity (Wildman–Crippen MR) is 89.3 cm³/mol. The van der Waals surface area contributed by atoms with Crippen molar-refractivity contribution in [3.8, 4) is 0 Å². The van der Waals surface area contributed by atoms with E-state index in [4.69, 9.17) is 9.84 Å². The molecule has 1 N–H and O–H groups in total. The lowest BCUT2D eigenvalue weighted by molar-refractivity contribution is -0.215. The van der Waals surface area contributed by atoms with Crippen molar-refractivity contribution < 1.29 is 36.9 Å². The summed E-state index contributed by atoms with van der Waals surface area (Å²) in [6, 6.07) is 2.90. The summed E-state index contributed by atoms with van der Waals surface area (Å²) in [4.78, 5) is 19.2. The number of aromatic nitrogens is 1. The van der Waals surface area contributed by atoms with Crippen molar-refractivity contribution in [1.82, 2.24) is 9.88 Å². The predicted octanol–water partition coefficient (Wildman–Crippen LogP) is 1.95. The van der Waals surface area contributed by atoms with Crippen LogP contribution < -0.4 is 4.90 Å². The van der Waals surface area contributed by atoms with Gasteiger partial charge < -0.3 is 24.4 Å². The van der Waals surface area contributed by atoms with Crippen LogP contribution in [0.15, 0.2) is 18.3 Å². The molecule has 1 spiro atoms. The zero-order valence-corrected chi connectivity index (χ0v) is 15.0. The molecule has 3 rings (SSSR count). The first-order valence-corrected chi connectivity index (χ1v) is 8.86. The largest absolute Gasteiger partial charge is 0.434 e. The number of carbonyl (C=O) groups excluding carboxylic acids is 1. The fourth-order valence-corrected chi connectivity index (χ4v) is 3.40.